The molecule has 7 heteroatoms. The molecule has 2 aliphatic rings. The minimum absolute atomic E-state index is 0.0152. The molecule has 0 fully saturated rings. The maximum atomic E-state index is 13.8. The Balaban J connectivity index is 1.44. The quantitative estimate of drug-likeness (QED) is 0.480. The summed E-state index contributed by atoms with van der Waals surface area (Å²) < 4.78 is 10.9. The van der Waals surface area contributed by atoms with Crippen LogP contribution in [0.5, 0.6) is 11.5 Å². The van der Waals surface area contributed by atoms with Crippen LogP contribution in [0.3, 0.4) is 0 Å². The van der Waals surface area contributed by atoms with Gasteiger partial charge in [-0.05, 0) is 60.9 Å². The number of anilines is 2. The Hall–Kier alpha value is -3.29. The molecule has 3 aromatic carbocycles. The van der Waals surface area contributed by atoms with E-state index >= 15 is 0 Å². The topological polar surface area (TPSA) is 59.1 Å². The van der Waals surface area contributed by atoms with E-state index in [-0.39, 0.29) is 18.2 Å². The van der Waals surface area contributed by atoms with Crippen LogP contribution < -0.4 is 14.4 Å². The number of nitrogens with zero attached hydrogens (tertiary/aromatic N) is 2. The smallest absolute Gasteiger partial charge is 0.245 e. The van der Waals surface area contributed by atoms with Gasteiger partial charge in [0.1, 0.15) is 0 Å². The van der Waals surface area contributed by atoms with Crippen LogP contribution in [0, 0.1) is 0 Å². The first kappa shape index (κ1) is 22.5. The van der Waals surface area contributed by atoms with Crippen LogP contribution in [-0.4, -0.2) is 43.9 Å². The third kappa shape index (κ3) is 4.06. The van der Waals surface area contributed by atoms with Gasteiger partial charge < -0.3 is 9.47 Å². The summed E-state index contributed by atoms with van der Waals surface area (Å²) in [6.07, 6.45) is 0.834. The highest BCUT2D eigenvalue weighted by atomic mass is 32.2. The van der Waals surface area contributed by atoms with Crippen LogP contribution in [0.4, 0.5) is 11.4 Å². The van der Waals surface area contributed by atoms with Crippen molar-refractivity contribution in [2.45, 2.75) is 29.7 Å². The number of benzene rings is 3. The van der Waals surface area contributed by atoms with Gasteiger partial charge in [0, 0.05) is 28.4 Å². The van der Waals surface area contributed by atoms with Gasteiger partial charge in [-0.1, -0.05) is 30.0 Å². The number of ketones is 1. The first-order valence-electron chi connectivity index (χ1n) is 11.2. The Morgan fingerprint density at radius 2 is 1.62 bits per heavy atom. The van der Waals surface area contributed by atoms with E-state index in [9.17, 15) is 9.59 Å². The summed E-state index contributed by atoms with van der Waals surface area (Å²) in [6, 6.07) is 17.5. The molecule has 0 radical (unpaired) electrons. The lowest BCUT2D eigenvalue weighted by atomic mass is 9.98. The molecule has 0 aliphatic carbocycles. The predicted octanol–water partition coefficient (Wildman–Crippen LogP) is 5.09. The molecule has 0 bridgehead atoms. The Morgan fingerprint density at radius 3 is 2.35 bits per heavy atom. The molecular weight excluding hydrogens is 448 g/mol. The molecule has 2 heterocycles. The largest absolute Gasteiger partial charge is 0.493 e. The molecule has 3 aromatic rings. The summed E-state index contributed by atoms with van der Waals surface area (Å²) in [4.78, 5) is 31.7. The van der Waals surface area contributed by atoms with Crippen LogP contribution >= 0.6 is 11.8 Å². The van der Waals surface area contributed by atoms with E-state index in [0.29, 0.717) is 17.9 Å². The first-order chi connectivity index (χ1) is 16.5. The number of Topliss-reactive ketones (excluding diaryl/α,β-unsaturated/α-hetero) is 1. The standard InChI is InChI=1S/C27H26N2O4S/c1-17(30)18-8-9-26-22(12-18)29(21-6-4-5-7-25(21)34-26)27(31)16-28-11-10-19-13-23(32-2)24(33-3)14-20(19)15-28/h4-9,12-14H,10-11,15-16H2,1-3H3. The molecule has 0 spiro atoms. The molecule has 2 aliphatic heterocycles. The minimum Gasteiger partial charge on any atom is -0.493 e. The molecule has 0 atom stereocenters. The normalized spacial score (nSPS) is 14.6. The monoisotopic (exact) mass is 474 g/mol. The second kappa shape index (κ2) is 9.16. The van der Waals surface area contributed by atoms with Gasteiger partial charge >= 0.3 is 0 Å². The Bertz CT molecular complexity index is 1290. The van der Waals surface area contributed by atoms with E-state index in [2.05, 4.69) is 4.90 Å². The van der Waals surface area contributed by atoms with Gasteiger partial charge in [0.2, 0.25) is 5.91 Å². The van der Waals surface area contributed by atoms with Crippen molar-refractivity contribution in [3.05, 3.63) is 71.3 Å². The maximum absolute atomic E-state index is 13.8. The molecular formula is C27H26N2O4S. The summed E-state index contributed by atoms with van der Waals surface area (Å²) in [6.45, 7) is 3.26. The van der Waals surface area contributed by atoms with Gasteiger partial charge in [0.25, 0.3) is 0 Å². The van der Waals surface area contributed by atoms with Crippen LogP contribution in [-0.2, 0) is 17.8 Å². The van der Waals surface area contributed by atoms with Crippen molar-refractivity contribution in [3.63, 3.8) is 0 Å². The fourth-order valence-electron chi connectivity index (χ4n) is 4.58. The van der Waals surface area contributed by atoms with Gasteiger partial charge in [-0.25, -0.2) is 0 Å². The molecule has 174 valence electrons. The SMILES string of the molecule is COc1cc2c(cc1OC)CN(CC(=O)N1c3ccccc3Sc3ccc(C(C)=O)cc31)CC2. The number of carbonyl (C=O) groups is 2. The van der Waals surface area contributed by atoms with E-state index in [0.717, 1.165) is 45.4 Å². The Morgan fingerprint density at radius 1 is 0.912 bits per heavy atom. The number of fused-ring (bicyclic) bond motifs is 3. The maximum Gasteiger partial charge on any atom is 0.245 e. The van der Waals surface area contributed by atoms with Gasteiger partial charge in [-0.15, -0.1) is 0 Å². The molecule has 0 saturated carbocycles. The van der Waals surface area contributed by atoms with E-state index < -0.39 is 0 Å². The predicted molar refractivity (Wildman–Crippen MR) is 133 cm³/mol. The van der Waals surface area contributed by atoms with Gasteiger partial charge in [-0.2, -0.15) is 0 Å². The average molecular weight is 475 g/mol. The van der Waals surface area contributed by atoms with E-state index in [1.807, 2.05) is 54.6 Å². The molecule has 6 nitrogen and oxygen atoms in total. The van der Waals surface area contributed by atoms with Gasteiger partial charge in [0.05, 0.1) is 32.1 Å². The summed E-state index contributed by atoms with van der Waals surface area (Å²) in [7, 11) is 3.27. The Labute approximate surface area is 203 Å². The van der Waals surface area contributed by atoms with E-state index in [1.54, 1.807) is 37.8 Å². The zero-order valence-corrected chi connectivity index (χ0v) is 20.3. The zero-order valence-electron chi connectivity index (χ0n) is 19.5. The third-order valence-electron chi connectivity index (χ3n) is 6.34. The number of para-hydroxylation sites is 1. The fraction of sp³-hybridized carbons (Fsp3) is 0.259. The van der Waals surface area contributed by atoms with Gasteiger partial charge in [-0.3, -0.25) is 19.4 Å². The fourth-order valence-corrected chi connectivity index (χ4v) is 5.62. The molecule has 0 saturated heterocycles. The van der Waals surface area contributed by atoms with Crippen molar-refractivity contribution in [1.29, 1.82) is 0 Å². The number of hydrogen-bond donors (Lipinski definition) is 0. The average Bonchev–Trinajstić information content (AvgIpc) is 2.85. The van der Waals surface area contributed by atoms with Crippen LogP contribution in [0.1, 0.15) is 28.4 Å². The molecule has 1 amide bonds. The lowest BCUT2D eigenvalue weighted by Gasteiger charge is -2.34. The summed E-state index contributed by atoms with van der Waals surface area (Å²) in [5.41, 5.74) is 4.59. The second-order valence-electron chi connectivity index (χ2n) is 8.47. The highest BCUT2D eigenvalue weighted by Crippen LogP contribution is 2.48. The lowest BCUT2D eigenvalue weighted by Crippen LogP contribution is -2.41. The highest BCUT2D eigenvalue weighted by Gasteiger charge is 2.30. The summed E-state index contributed by atoms with van der Waals surface area (Å²) >= 11 is 1.62. The highest BCUT2D eigenvalue weighted by molar-refractivity contribution is 7.99. The third-order valence-corrected chi connectivity index (χ3v) is 7.47. The number of ether oxygens (including phenoxy) is 2. The zero-order chi connectivity index (χ0) is 23.8. The lowest BCUT2D eigenvalue weighted by molar-refractivity contribution is -0.119. The van der Waals surface area contributed by atoms with E-state index in [1.165, 1.54) is 5.56 Å². The molecule has 0 N–H and O–H groups in total. The first-order valence-corrected chi connectivity index (χ1v) is 12.0. The van der Waals surface area contributed by atoms with Crippen LogP contribution in [0.2, 0.25) is 0 Å². The molecule has 0 unspecified atom stereocenters. The number of methoxy groups -OCH3 is 2. The van der Waals surface area contributed by atoms with Gasteiger partial charge in [0.15, 0.2) is 17.3 Å². The Kier molecular flexibility index (Phi) is 6.06. The number of amides is 1. The van der Waals surface area contributed by atoms with E-state index in [4.69, 9.17) is 9.47 Å². The van der Waals surface area contributed by atoms with Crippen LogP contribution in [0.25, 0.3) is 0 Å². The van der Waals surface area contributed by atoms with Crippen molar-refractivity contribution in [2.24, 2.45) is 0 Å². The van der Waals surface area contributed by atoms with Crippen LogP contribution in [0.15, 0.2) is 64.4 Å². The van der Waals surface area contributed by atoms with Crippen molar-refractivity contribution in [3.8, 4) is 11.5 Å². The van der Waals surface area contributed by atoms with Crippen molar-refractivity contribution < 1.29 is 19.1 Å². The van der Waals surface area contributed by atoms with Crippen molar-refractivity contribution in [1.82, 2.24) is 4.90 Å². The number of carbonyl (C=O) groups excluding carboxylic acids is 2. The second-order valence-corrected chi connectivity index (χ2v) is 9.56. The number of hydrogen-bond acceptors (Lipinski definition) is 6. The van der Waals surface area contributed by atoms with Crippen molar-refractivity contribution in [2.75, 3.05) is 32.2 Å². The molecule has 0 aromatic heterocycles. The summed E-state index contributed by atoms with van der Waals surface area (Å²) in [5.74, 6) is 1.39. The van der Waals surface area contributed by atoms with Crippen molar-refractivity contribution >= 4 is 34.8 Å². The minimum atomic E-state index is -0.0175. The molecule has 5 rings (SSSR count). The molecule has 34 heavy (non-hydrogen) atoms. The summed E-state index contributed by atoms with van der Waals surface area (Å²) in [5, 5.41) is 0. The number of rotatable bonds is 5.